The summed E-state index contributed by atoms with van der Waals surface area (Å²) in [6.45, 7) is 9.31. The van der Waals surface area contributed by atoms with E-state index in [0.29, 0.717) is 17.5 Å². The molecule has 13 heavy (non-hydrogen) atoms. The second-order valence-corrected chi connectivity index (χ2v) is 5.38. The molecule has 2 N–H and O–H groups in total. The van der Waals surface area contributed by atoms with Gasteiger partial charge >= 0.3 is 0 Å². The quantitative estimate of drug-likeness (QED) is 0.700. The fourth-order valence-electron chi connectivity index (χ4n) is 2.45. The minimum Gasteiger partial charge on any atom is -0.326 e. The number of likely N-dealkylation sites (tertiary alicyclic amines) is 1. The topological polar surface area (TPSA) is 29.3 Å². The molecule has 1 unspecified atom stereocenters. The Labute approximate surface area is 81.5 Å². The maximum absolute atomic E-state index is 6.16. The summed E-state index contributed by atoms with van der Waals surface area (Å²) < 4.78 is 0. The summed E-state index contributed by atoms with van der Waals surface area (Å²) in [5.74, 6) is 0.751. The molecule has 1 aliphatic heterocycles. The molecular formula is C11H22N2. The summed E-state index contributed by atoms with van der Waals surface area (Å²) in [4.78, 5) is 2.59. The molecule has 0 amide bonds. The van der Waals surface area contributed by atoms with Gasteiger partial charge in [0.25, 0.3) is 0 Å². The smallest absolute Gasteiger partial charge is 0.0237 e. The first-order chi connectivity index (χ1) is 6.05. The van der Waals surface area contributed by atoms with Gasteiger partial charge in [-0.25, -0.2) is 0 Å². The number of rotatable bonds is 2. The molecule has 0 bridgehead atoms. The predicted octanol–water partition coefficient (Wildman–Crippen LogP) is 1.45. The highest BCUT2D eigenvalue weighted by atomic mass is 15.2. The number of nitrogens with two attached hydrogens (primary N) is 1. The van der Waals surface area contributed by atoms with Crippen LogP contribution in [0.1, 0.15) is 33.6 Å². The second kappa shape index (κ2) is 2.96. The molecule has 1 saturated carbocycles. The van der Waals surface area contributed by atoms with Crippen molar-refractivity contribution < 1.29 is 0 Å². The molecule has 2 atom stereocenters. The van der Waals surface area contributed by atoms with Crippen LogP contribution in [0.3, 0.4) is 0 Å². The minimum atomic E-state index is 0.452. The first kappa shape index (κ1) is 9.47. The molecule has 0 radical (unpaired) electrons. The Bertz CT molecular complexity index is 196. The average molecular weight is 182 g/mol. The van der Waals surface area contributed by atoms with Crippen LogP contribution in [0.15, 0.2) is 0 Å². The third kappa shape index (κ3) is 1.50. The maximum atomic E-state index is 6.16. The Hall–Kier alpha value is -0.0800. The van der Waals surface area contributed by atoms with Crippen LogP contribution in [-0.4, -0.2) is 30.1 Å². The summed E-state index contributed by atoms with van der Waals surface area (Å²) in [6, 6.07) is 1.15. The van der Waals surface area contributed by atoms with Crippen LogP contribution < -0.4 is 5.73 Å². The lowest BCUT2D eigenvalue weighted by Crippen LogP contribution is -2.36. The Morgan fingerprint density at radius 3 is 2.31 bits per heavy atom. The Kier molecular flexibility index (Phi) is 2.16. The lowest BCUT2D eigenvalue weighted by atomic mass is 10.0. The zero-order valence-electron chi connectivity index (χ0n) is 9.09. The van der Waals surface area contributed by atoms with Crippen molar-refractivity contribution >= 4 is 0 Å². The van der Waals surface area contributed by atoms with Crippen molar-refractivity contribution in [3.05, 3.63) is 0 Å². The maximum Gasteiger partial charge on any atom is 0.0237 e. The molecule has 2 rings (SSSR count). The van der Waals surface area contributed by atoms with Crippen molar-refractivity contribution in [3.63, 3.8) is 0 Å². The zero-order valence-corrected chi connectivity index (χ0v) is 9.09. The standard InChI is InChI=1S/C11H22N2/c1-8(2)9(3)13-6-10(12)11(7-13)4-5-11/h8-10H,4-7,12H2,1-3H3/t9?,10-/m1/s1. The van der Waals surface area contributed by atoms with Crippen LogP contribution in [0.2, 0.25) is 0 Å². The molecule has 1 saturated heterocycles. The number of nitrogens with zero attached hydrogens (tertiary/aromatic N) is 1. The largest absolute Gasteiger partial charge is 0.326 e. The van der Waals surface area contributed by atoms with Gasteiger partial charge in [-0.3, -0.25) is 4.90 Å². The van der Waals surface area contributed by atoms with Crippen LogP contribution in [-0.2, 0) is 0 Å². The zero-order chi connectivity index (χ0) is 9.64. The molecule has 0 aromatic heterocycles. The Morgan fingerprint density at radius 1 is 1.31 bits per heavy atom. The van der Waals surface area contributed by atoms with E-state index in [0.717, 1.165) is 12.5 Å². The molecule has 1 aliphatic carbocycles. The summed E-state index contributed by atoms with van der Waals surface area (Å²) in [7, 11) is 0. The third-order valence-corrected chi connectivity index (χ3v) is 4.17. The molecule has 0 aromatic rings. The fraction of sp³-hybridized carbons (Fsp3) is 1.00. The van der Waals surface area contributed by atoms with Crippen LogP contribution in [0.25, 0.3) is 0 Å². The van der Waals surface area contributed by atoms with Crippen molar-refractivity contribution in [1.29, 1.82) is 0 Å². The van der Waals surface area contributed by atoms with E-state index in [1.165, 1.54) is 19.4 Å². The van der Waals surface area contributed by atoms with Gasteiger partial charge in [0.05, 0.1) is 0 Å². The van der Waals surface area contributed by atoms with E-state index in [1.807, 2.05) is 0 Å². The van der Waals surface area contributed by atoms with Crippen molar-refractivity contribution in [2.45, 2.75) is 45.7 Å². The Morgan fingerprint density at radius 2 is 1.92 bits per heavy atom. The third-order valence-electron chi connectivity index (χ3n) is 4.17. The van der Waals surface area contributed by atoms with Crippen molar-refractivity contribution in [3.8, 4) is 0 Å². The highest BCUT2D eigenvalue weighted by molar-refractivity contribution is 5.09. The molecular weight excluding hydrogens is 160 g/mol. The lowest BCUT2D eigenvalue weighted by Gasteiger charge is -2.27. The normalized spacial score (nSPS) is 34.4. The second-order valence-electron chi connectivity index (χ2n) is 5.38. The molecule has 1 heterocycles. The van der Waals surface area contributed by atoms with Crippen molar-refractivity contribution in [2.75, 3.05) is 13.1 Å². The summed E-state index contributed by atoms with van der Waals surface area (Å²) in [5.41, 5.74) is 6.71. The Balaban J connectivity index is 1.97. The van der Waals surface area contributed by atoms with Crippen LogP contribution in [0, 0.1) is 11.3 Å². The van der Waals surface area contributed by atoms with Gasteiger partial charge in [-0.05, 0) is 31.1 Å². The van der Waals surface area contributed by atoms with E-state index >= 15 is 0 Å². The summed E-state index contributed by atoms with van der Waals surface area (Å²) in [5, 5.41) is 0. The van der Waals surface area contributed by atoms with Gasteiger partial charge in [-0.15, -0.1) is 0 Å². The molecule has 2 heteroatoms. The molecule has 76 valence electrons. The van der Waals surface area contributed by atoms with Crippen LogP contribution >= 0.6 is 0 Å². The average Bonchev–Trinajstić information content (AvgIpc) is 2.75. The molecule has 2 fully saturated rings. The van der Waals surface area contributed by atoms with Crippen molar-refractivity contribution in [1.82, 2.24) is 4.90 Å². The van der Waals surface area contributed by atoms with Gasteiger partial charge < -0.3 is 5.73 Å². The van der Waals surface area contributed by atoms with Crippen LogP contribution in [0.5, 0.6) is 0 Å². The van der Waals surface area contributed by atoms with E-state index in [4.69, 9.17) is 5.73 Å². The number of hydrogen-bond donors (Lipinski definition) is 1. The first-order valence-electron chi connectivity index (χ1n) is 5.55. The predicted molar refractivity (Wildman–Crippen MR) is 55.5 cm³/mol. The van der Waals surface area contributed by atoms with E-state index < -0.39 is 0 Å². The van der Waals surface area contributed by atoms with E-state index in [2.05, 4.69) is 25.7 Å². The highest BCUT2D eigenvalue weighted by Crippen LogP contribution is 2.52. The molecule has 2 nitrogen and oxygen atoms in total. The van der Waals surface area contributed by atoms with E-state index in [-0.39, 0.29) is 0 Å². The first-order valence-corrected chi connectivity index (χ1v) is 5.55. The van der Waals surface area contributed by atoms with Gasteiger partial charge in [0, 0.05) is 25.2 Å². The van der Waals surface area contributed by atoms with Gasteiger partial charge in [-0.2, -0.15) is 0 Å². The number of hydrogen-bond acceptors (Lipinski definition) is 2. The minimum absolute atomic E-state index is 0.452. The SMILES string of the molecule is CC(C)C(C)N1C[C@@H](N)C2(CC2)C1. The molecule has 0 aromatic carbocycles. The van der Waals surface area contributed by atoms with E-state index in [1.54, 1.807) is 0 Å². The lowest BCUT2D eigenvalue weighted by molar-refractivity contribution is 0.198. The van der Waals surface area contributed by atoms with Crippen molar-refractivity contribution in [2.24, 2.45) is 17.1 Å². The van der Waals surface area contributed by atoms with E-state index in [9.17, 15) is 0 Å². The van der Waals surface area contributed by atoms with Gasteiger partial charge in [0.15, 0.2) is 0 Å². The monoisotopic (exact) mass is 182 g/mol. The summed E-state index contributed by atoms with van der Waals surface area (Å²) >= 11 is 0. The molecule has 2 aliphatic rings. The molecule has 1 spiro atoms. The van der Waals surface area contributed by atoms with Gasteiger partial charge in [-0.1, -0.05) is 13.8 Å². The van der Waals surface area contributed by atoms with Gasteiger partial charge in [0.2, 0.25) is 0 Å². The van der Waals surface area contributed by atoms with Crippen LogP contribution in [0.4, 0.5) is 0 Å². The van der Waals surface area contributed by atoms with Gasteiger partial charge in [0.1, 0.15) is 0 Å². The fourth-order valence-corrected chi connectivity index (χ4v) is 2.45. The highest BCUT2D eigenvalue weighted by Gasteiger charge is 2.54. The summed E-state index contributed by atoms with van der Waals surface area (Å²) in [6.07, 6.45) is 2.74.